The number of hydrogen-bond acceptors (Lipinski definition) is 3. The van der Waals surface area contributed by atoms with Crippen LogP contribution in [-0.2, 0) is 14.3 Å². The fourth-order valence-electron chi connectivity index (χ4n) is 2.63. The Morgan fingerprint density at radius 2 is 1.89 bits per heavy atom. The summed E-state index contributed by atoms with van der Waals surface area (Å²) in [6.07, 6.45) is 5.89. The van der Waals surface area contributed by atoms with Gasteiger partial charge in [0.25, 0.3) is 0 Å². The molecule has 1 amide bonds. The van der Waals surface area contributed by atoms with Crippen molar-refractivity contribution >= 4 is 11.9 Å². The number of amides is 1. The second kappa shape index (κ2) is 8.15. The number of carbonyl (C=O) groups is 2. The molecule has 0 saturated heterocycles. The first-order valence-electron chi connectivity index (χ1n) is 7.18. The maximum absolute atomic E-state index is 11.9. The van der Waals surface area contributed by atoms with Gasteiger partial charge in [-0.15, -0.1) is 0 Å². The van der Waals surface area contributed by atoms with E-state index in [4.69, 9.17) is 9.84 Å². The van der Waals surface area contributed by atoms with Gasteiger partial charge in [-0.2, -0.15) is 0 Å². The first-order chi connectivity index (χ1) is 9.08. The van der Waals surface area contributed by atoms with Crippen LogP contribution in [0.2, 0.25) is 0 Å². The van der Waals surface area contributed by atoms with Crippen molar-refractivity contribution in [3.8, 4) is 0 Å². The standard InChI is InChI=1S/C14H25NO4/c1-2-9-19-10-6-12(16)15-14(11-13(17)18)7-4-3-5-8-14/h2-11H2,1H3,(H,15,16)(H,17,18). The molecule has 110 valence electrons. The first kappa shape index (κ1) is 16.0. The topological polar surface area (TPSA) is 75.6 Å². The summed E-state index contributed by atoms with van der Waals surface area (Å²) in [6.45, 7) is 3.08. The largest absolute Gasteiger partial charge is 0.481 e. The quantitative estimate of drug-likeness (QED) is 0.663. The lowest BCUT2D eigenvalue weighted by Crippen LogP contribution is -2.51. The predicted molar refractivity (Wildman–Crippen MR) is 71.9 cm³/mol. The van der Waals surface area contributed by atoms with E-state index in [1.54, 1.807) is 0 Å². The normalized spacial score (nSPS) is 17.9. The van der Waals surface area contributed by atoms with E-state index in [1.807, 2.05) is 6.92 Å². The summed E-state index contributed by atoms with van der Waals surface area (Å²) in [5.74, 6) is -0.941. The second-order valence-corrected chi connectivity index (χ2v) is 5.32. The van der Waals surface area contributed by atoms with Gasteiger partial charge in [-0.3, -0.25) is 9.59 Å². The third-order valence-electron chi connectivity index (χ3n) is 3.53. The van der Waals surface area contributed by atoms with Crippen molar-refractivity contribution in [2.24, 2.45) is 0 Å². The first-order valence-corrected chi connectivity index (χ1v) is 7.18. The zero-order valence-electron chi connectivity index (χ0n) is 11.7. The lowest BCUT2D eigenvalue weighted by Gasteiger charge is -2.37. The summed E-state index contributed by atoms with van der Waals surface area (Å²) in [4.78, 5) is 22.9. The van der Waals surface area contributed by atoms with Crippen LogP contribution in [0.15, 0.2) is 0 Å². The Morgan fingerprint density at radius 3 is 2.47 bits per heavy atom. The Morgan fingerprint density at radius 1 is 1.21 bits per heavy atom. The second-order valence-electron chi connectivity index (χ2n) is 5.32. The highest BCUT2D eigenvalue weighted by atomic mass is 16.5. The van der Waals surface area contributed by atoms with Gasteiger partial charge in [0.2, 0.25) is 5.91 Å². The van der Waals surface area contributed by atoms with E-state index in [2.05, 4.69) is 5.32 Å². The number of ether oxygens (including phenoxy) is 1. The fourth-order valence-corrected chi connectivity index (χ4v) is 2.63. The highest BCUT2D eigenvalue weighted by Gasteiger charge is 2.35. The molecule has 0 spiro atoms. The van der Waals surface area contributed by atoms with Crippen molar-refractivity contribution in [3.05, 3.63) is 0 Å². The smallest absolute Gasteiger partial charge is 0.305 e. The van der Waals surface area contributed by atoms with Gasteiger partial charge in [0.15, 0.2) is 0 Å². The van der Waals surface area contributed by atoms with Crippen LogP contribution in [0, 0.1) is 0 Å². The summed E-state index contributed by atoms with van der Waals surface area (Å²) >= 11 is 0. The zero-order chi connectivity index (χ0) is 14.1. The zero-order valence-corrected chi connectivity index (χ0v) is 11.7. The van der Waals surface area contributed by atoms with Crippen LogP contribution >= 0.6 is 0 Å². The van der Waals surface area contributed by atoms with E-state index in [-0.39, 0.29) is 12.3 Å². The van der Waals surface area contributed by atoms with Crippen molar-refractivity contribution in [1.29, 1.82) is 0 Å². The number of hydrogen-bond donors (Lipinski definition) is 2. The Labute approximate surface area is 114 Å². The van der Waals surface area contributed by atoms with E-state index in [0.29, 0.717) is 19.6 Å². The van der Waals surface area contributed by atoms with Crippen LogP contribution in [-0.4, -0.2) is 35.7 Å². The predicted octanol–water partition coefficient (Wildman–Crippen LogP) is 2.10. The molecule has 0 radical (unpaired) electrons. The number of nitrogens with one attached hydrogen (secondary N) is 1. The SMILES string of the molecule is CCCOCCC(=O)NC1(CC(=O)O)CCCCC1. The lowest BCUT2D eigenvalue weighted by atomic mass is 9.79. The minimum absolute atomic E-state index is 0.0224. The Kier molecular flexibility index (Phi) is 6.84. The van der Waals surface area contributed by atoms with E-state index < -0.39 is 11.5 Å². The molecule has 0 aromatic heterocycles. The van der Waals surface area contributed by atoms with Crippen molar-refractivity contribution in [3.63, 3.8) is 0 Å². The van der Waals surface area contributed by atoms with E-state index >= 15 is 0 Å². The molecule has 0 bridgehead atoms. The van der Waals surface area contributed by atoms with Crippen LogP contribution in [0.4, 0.5) is 0 Å². The molecule has 0 atom stereocenters. The van der Waals surface area contributed by atoms with Crippen LogP contribution in [0.3, 0.4) is 0 Å². The number of carboxylic acid groups (broad SMARTS) is 1. The molecule has 2 N–H and O–H groups in total. The van der Waals surface area contributed by atoms with Gasteiger partial charge in [-0.05, 0) is 19.3 Å². The molecule has 1 saturated carbocycles. The van der Waals surface area contributed by atoms with Crippen molar-refractivity contribution in [2.75, 3.05) is 13.2 Å². The molecule has 0 aliphatic heterocycles. The Hall–Kier alpha value is -1.10. The summed E-state index contributed by atoms with van der Waals surface area (Å²) < 4.78 is 5.28. The average molecular weight is 271 g/mol. The van der Waals surface area contributed by atoms with Crippen LogP contribution in [0.25, 0.3) is 0 Å². The van der Waals surface area contributed by atoms with Gasteiger partial charge >= 0.3 is 5.97 Å². The van der Waals surface area contributed by atoms with Crippen molar-refractivity contribution < 1.29 is 19.4 Å². The van der Waals surface area contributed by atoms with Gasteiger partial charge in [0.1, 0.15) is 0 Å². The molecule has 5 heteroatoms. The third-order valence-corrected chi connectivity index (χ3v) is 3.53. The van der Waals surface area contributed by atoms with Gasteiger partial charge in [-0.25, -0.2) is 0 Å². The molecule has 1 rings (SSSR count). The monoisotopic (exact) mass is 271 g/mol. The fraction of sp³-hybridized carbons (Fsp3) is 0.857. The minimum Gasteiger partial charge on any atom is -0.481 e. The molecule has 0 heterocycles. The van der Waals surface area contributed by atoms with Crippen molar-refractivity contribution in [1.82, 2.24) is 5.32 Å². The maximum Gasteiger partial charge on any atom is 0.305 e. The minimum atomic E-state index is -0.843. The molecule has 0 unspecified atom stereocenters. The van der Waals surface area contributed by atoms with Gasteiger partial charge < -0.3 is 15.2 Å². The molecule has 1 fully saturated rings. The molecule has 5 nitrogen and oxygen atoms in total. The van der Waals surface area contributed by atoms with Gasteiger partial charge in [0, 0.05) is 13.0 Å². The number of rotatable bonds is 8. The summed E-state index contributed by atoms with van der Waals surface area (Å²) in [5.41, 5.74) is -0.536. The Bertz CT molecular complexity index is 298. The van der Waals surface area contributed by atoms with Crippen LogP contribution in [0.5, 0.6) is 0 Å². The summed E-state index contributed by atoms with van der Waals surface area (Å²) in [7, 11) is 0. The molecule has 1 aliphatic carbocycles. The lowest BCUT2D eigenvalue weighted by molar-refractivity contribution is -0.139. The number of carbonyl (C=O) groups excluding carboxylic acids is 1. The highest BCUT2D eigenvalue weighted by Crippen LogP contribution is 2.31. The van der Waals surface area contributed by atoms with Gasteiger partial charge in [0.05, 0.1) is 18.6 Å². The van der Waals surface area contributed by atoms with Crippen molar-refractivity contribution in [2.45, 2.75) is 63.8 Å². The van der Waals surface area contributed by atoms with E-state index in [0.717, 1.165) is 38.5 Å². The number of carboxylic acids is 1. The molecular formula is C14H25NO4. The van der Waals surface area contributed by atoms with E-state index in [1.165, 1.54) is 0 Å². The molecule has 1 aliphatic rings. The highest BCUT2D eigenvalue weighted by molar-refractivity contribution is 5.78. The molecule has 0 aromatic carbocycles. The average Bonchev–Trinajstić information content (AvgIpc) is 2.34. The number of aliphatic carboxylic acids is 1. The summed E-state index contributed by atoms with van der Waals surface area (Å²) in [5, 5.41) is 12.0. The maximum atomic E-state index is 11.9. The van der Waals surface area contributed by atoms with Crippen LogP contribution < -0.4 is 5.32 Å². The van der Waals surface area contributed by atoms with Crippen LogP contribution in [0.1, 0.15) is 58.3 Å². The summed E-state index contributed by atoms with van der Waals surface area (Å²) in [6, 6.07) is 0. The third kappa shape index (κ3) is 6.05. The molecule has 0 aromatic rings. The molecule has 19 heavy (non-hydrogen) atoms. The molecular weight excluding hydrogens is 246 g/mol. The van der Waals surface area contributed by atoms with E-state index in [9.17, 15) is 9.59 Å². The Balaban J connectivity index is 2.43. The van der Waals surface area contributed by atoms with Gasteiger partial charge in [-0.1, -0.05) is 26.2 Å².